The van der Waals surface area contributed by atoms with Crippen molar-refractivity contribution in [2.75, 3.05) is 11.9 Å². The van der Waals surface area contributed by atoms with E-state index < -0.39 is 63.1 Å². The topological polar surface area (TPSA) is 85.2 Å². The van der Waals surface area contributed by atoms with Gasteiger partial charge in [-0.1, -0.05) is 6.04 Å². The van der Waals surface area contributed by atoms with Gasteiger partial charge in [-0.3, -0.25) is 9.59 Å². The Labute approximate surface area is 189 Å². The summed E-state index contributed by atoms with van der Waals surface area (Å²) in [6, 6.07) is 3.39. The maximum atomic E-state index is 14.7. The third-order valence-electron chi connectivity index (χ3n) is 5.04. The molecular weight excluding hydrogens is 448 g/mol. The van der Waals surface area contributed by atoms with Crippen molar-refractivity contribution in [3.8, 4) is 6.07 Å². The van der Waals surface area contributed by atoms with Gasteiger partial charge >= 0.3 is 6.18 Å². The molecule has 0 aliphatic carbocycles. The number of alkyl halides is 3. The second-order valence-electron chi connectivity index (χ2n) is 7.45. The molecule has 2 aromatic rings. The minimum absolute atomic E-state index is 0.0554. The highest BCUT2D eigenvalue weighted by atomic mass is 32.1. The molecule has 2 aromatic carbocycles. The van der Waals surface area contributed by atoms with Gasteiger partial charge < -0.3 is 15.5 Å². The number of hydrogen-bond donors (Lipinski definition) is 3. The van der Waals surface area contributed by atoms with Crippen LogP contribution in [-0.4, -0.2) is 24.4 Å². The van der Waals surface area contributed by atoms with Gasteiger partial charge in [0.25, 0.3) is 5.91 Å². The van der Waals surface area contributed by atoms with E-state index in [1.807, 2.05) is 0 Å². The number of nitrogens with one attached hydrogen (secondary N) is 2. The highest BCUT2D eigenvalue weighted by molar-refractivity contribution is 7.81. The molecule has 0 bridgehead atoms. The van der Waals surface area contributed by atoms with Crippen LogP contribution in [0.5, 0.6) is 0 Å². The van der Waals surface area contributed by atoms with Crippen LogP contribution in [0, 0.1) is 17.1 Å². The first kappa shape index (κ1) is 20.6. The summed E-state index contributed by atoms with van der Waals surface area (Å²) in [5.74, 6) is -2.43. The van der Waals surface area contributed by atoms with Crippen LogP contribution >= 0.6 is 12.6 Å². The first-order chi connectivity index (χ1) is 15.6. The molecule has 0 radical (unpaired) electrons. The summed E-state index contributed by atoms with van der Waals surface area (Å²) in [6.07, 6.45) is -5.11. The number of nitriles is 1. The maximum Gasteiger partial charge on any atom is 0.417 e. The number of nitrogens with zero attached hydrogens (tertiary/aromatic N) is 2. The predicted molar refractivity (Wildman–Crippen MR) is 111 cm³/mol. The average Bonchev–Trinajstić information content (AvgIpc) is 2.89. The van der Waals surface area contributed by atoms with Gasteiger partial charge in [0.15, 0.2) is 4.99 Å². The largest absolute Gasteiger partial charge is 0.417 e. The lowest BCUT2D eigenvalue weighted by molar-refractivity contribution is -0.137. The Hall–Kier alpha value is -3.26. The number of halogens is 4. The number of carbonyl (C=O) groups is 2. The van der Waals surface area contributed by atoms with E-state index in [1.54, 1.807) is 0 Å². The molecule has 2 amide bonds. The van der Waals surface area contributed by atoms with Gasteiger partial charge in [0.2, 0.25) is 5.91 Å². The molecule has 0 aromatic heterocycles. The molecule has 1 atom stereocenters. The normalized spacial score (nSPS) is 20.8. The summed E-state index contributed by atoms with van der Waals surface area (Å²) in [7, 11) is 1.30. The summed E-state index contributed by atoms with van der Waals surface area (Å²) in [5, 5.41) is 13.8. The molecule has 1 fully saturated rings. The number of benzene rings is 2. The number of amides is 2. The number of rotatable bonds is 3. The molecular formula is C21H18F4N4O2S. The van der Waals surface area contributed by atoms with Gasteiger partial charge in [-0.05, 0) is 44.2 Å². The Balaban J connectivity index is 2.34. The number of hydrogen-bond acceptors (Lipinski definition) is 5. The SMILES string of the molecule is [2H]c1cc(C#N)c(C(F)(F)F)c([2H])c1C1(S)NC(=O)C(C)(C)N1c1ccc(C(=O)NC)c(F)c1. The number of carbonyl (C=O) groups excluding carboxylic acids is 2. The first-order valence-electron chi connectivity index (χ1n) is 10.1. The molecule has 2 N–H and O–H groups in total. The lowest BCUT2D eigenvalue weighted by Gasteiger charge is -2.41. The average molecular weight is 468 g/mol. The van der Waals surface area contributed by atoms with Crippen molar-refractivity contribution in [2.24, 2.45) is 0 Å². The van der Waals surface area contributed by atoms with E-state index in [9.17, 15) is 27.2 Å². The van der Waals surface area contributed by atoms with Crippen LogP contribution < -0.4 is 15.5 Å². The second-order valence-corrected chi connectivity index (χ2v) is 8.10. The molecule has 11 heteroatoms. The lowest BCUT2D eigenvalue weighted by Crippen LogP contribution is -2.50. The van der Waals surface area contributed by atoms with Gasteiger partial charge in [-0.15, -0.1) is 12.6 Å². The van der Waals surface area contributed by atoms with Crippen LogP contribution in [0.15, 0.2) is 36.4 Å². The second kappa shape index (κ2) is 7.70. The molecule has 1 unspecified atom stereocenters. The molecule has 0 saturated carbocycles. The zero-order valence-electron chi connectivity index (χ0n) is 19.0. The lowest BCUT2D eigenvalue weighted by atomic mass is 9.99. The molecule has 32 heavy (non-hydrogen) atoms. The van der Waals surface area contributed by atoms with Crippen LogP contribution in [0.3, 0.4) is 0 Å². The predicted octanol–water partition coefficient (Wildman–Crippen LogP) is 3.53. The zero-order chi connectivity index (χ0) is 25.8. The molecule has 1 heterocycles. The fourth-order valence-electron chi connectivity index (χ4n) is 3.46. The van der Waals surface area contributed by atoms with E-state index >= 15 is 0 Å². The summed E-state index contributed by atoms with van der Waals surface area (Å²) in [4.78, 5) is 23.6. The first-order valence-corrected chi connectivity index (χ1v) is 9.54. The maximum absolute atomic E-state index is 14.7. The van der Waals surface area contributed by atoms with E-state index in [0.29, 0.717) is 6.07 Å². The quantitative estimate of drug-likeness (QED) is 0.475. The van der Waals surface area contributed by atoms with Crippen molar-refractivity contribution >= 4 is 30.1 Å². The van der Waals surface area contributed by atoms with Crippen LogP contribution in [0.4, 0.5) is 23.2 Å². The molecule has 0 spiro atoms. The van der Waals surface area contributed by atoms with E-state index in [1.165, 1.54) is 33.0 Å². The van der Waals surface area contributed by atoms with Gasteiger partial charge in [-0.2, -0.15) is 18.4 Å². The van der Waals surface area contributed by atoms with E-state index in [2.05, 4.69) is 23.3 Å². The summed E-state index contributed by atoms with van der Waals surface area (Å²) >= 11 is 4.42. The monoisotopic (exact) mass is 468 g/mol. The molecule has 3 rings (SSSR count). The highest BCUT2D eigenvalue weighted by Gasteiger charge is 2.55. The van der Waals surface area contributed by atoms with Gasteiger partial charge in [0.1, 0.15) is 11.4 Å². The fraction of sp³-hybridized carbons (Fsp3) is 0.286. The smallest absolute Gasteiger partial charge is 0.355 e. The number of thiol groups is 1. The van der Waals surface area contributed by atoms with Crippen LogP contribution in [0.25, 0.3) is 0 Å². The Kier molecular flexibility index (Phi) is 4.97. The van der Waals surface area contributed by atoms with Gasteiger partial charge in [0, 0.05) is 18.3 Å². The fourth-order valence-corrected chi connectivity index (χ4v) is 4.05. The Bertz CT molecular complexity index is 1260. The zero-order valence-corrected chi connectivity index (χ0v) is 17.9. The highest BCUT2D eigenvalue weighted by Crippen LogP contribution is 2.46. The summed E-state index contributed by atoms with van der Waals surface area (Å²) in [6.45, 7) is 2.79. The van der Waals surface area contributed by atoms with Crippen molar-refractivity contribution in [3.05, 3.63) is 64.4 Å². The van der Waals surface area contributed by atoms with Crippen molar-refractivity contribution in [2.45, 2.75) is 30.6 Å². The molecule has 1 aliphatic rings. The van der Waals surface area contributed by atoms with E-state index in [-0.39, 0.29) is 11.3 Å². The molecule has 168 valence electrons. The van der Waals surface area contributed by atoms with Crippen LogP contribution in [0.1, 0.15) is 43.6 Å². The summed E-state index contributed by atoms with van der Waals surface area (Å²) < 4.78 is 72.4. The minimum Gasteiger partial charge on any atom is -0.355 e. The Morgan fingerprint density at radius 3 is 2.53 bits per heavy atom. The Morgan fingerprint density at radius 2 is 2.00 bits per heavy atom. The molecule has 6 nitrogen and oxygen atoms in total. The van der Waals surface area contributed by atoms with E-state index in [0.717, 1.165) is 17.0 Å². The van der Waals surface area contributed by atoms with Crippen molar-refractivity contribution in [3.63, 3.8) is 0 Å². The summed E-state index contributed by atoms with van der Waals surface area (Å²) in [5.41, 5.74) is -5.08. The van der Waals surface area contributed by atoms with E-state index in [4.69, 9.17) is 8.00 Å². The van der Waals surface area contributed by atoms with Crippen LogP contribution in [-0.2, 0) is 16.0 Å². The van der Waals surface area contributed by atoms with Gasteiger partial charge in [-0.25, -0.2) is 4.39 Å². The third kappa shape index (κ3) is 3.64. The number of anilines is 1. The van der Waals surface area contributed by atoms with Crippen LogP contribution in [0.2, 0.25) is 0 Å². The van der Waals surface area contributed by atoms with Crippen molar-refractivity contribution < 1.29 is 29.9 Å². The van der Waals surface area contributed by atoms with Crippen molar-refractivity contribution in [1.82, 2.24) is 10.6 Å². The third-order valence-corrected chi connectivity index (χ3v) is 5.58. The molecule has 1 aliphatic heterocycles. The van der Waals surface area contributed by atoms with Crippen molar-refractivity contribution in [1.29, 1.82) is 5.26 Å². The minimum atomic E-state index is -5.11. The standard InChI is InChI=1S/C21H18F4N4O2S/c1-19(2)18(31)28-21(32,12-5-4-11(10-26)15(8-12)20(23,24)25)29(19)13-6-7-14(16(22)9-13)17(30)27-3/h4-9,32H,1-3H3,(H,27,30)(H,28,31)/i5D,8D. The Morgan fingerprint density at radius 1 is 1.34 bits per heavy atom. The molecule has 1 saturated heterocycles. The van der Waals surface area contributed by atoms with Gasteiger partial charge in [0.05, 0.1) is 25.5 Å².